The third-order valence-corrected chi connectivity index (χ3v) is 4.95. The van der Waals surface area contributed by atoms with Gasteiger partial charge in [0.2, 0.25) is 10.0 Å². The number of aryl methyl sites for hydroxylation is 1. The quantitative estimate of drug-likeness (QED) is 0.782. The molecule has 0 saturated heterocycles. The molecule has 0 amide bonds. The predicted molar refractivity (Wildman–Crippen MR) is 77.4 cm³/mol. The molecule has 0 aliphatic carbocycles. The molecule has 20 heavy (non-hydrogen) atoms. The van der Waals surface area contributed by atoms with Gasteiger partial charge in [-0.2, -0.15) is 4.31 Å². The average Bonchev–Trinajstić information content (AvgIpc) is 2.43. The molecule has 0 aromatic heterocycles. The summed E-state index contributed by atoms with van der Waals surface area (Å²) in [7, 11) is -3.70. The van der Waals surface area contributed by atoms with E-state index < -0.39 is 16.0 Å². The second-order valence-corrected chi connectivity index (χ2v) is 6.16. The van der Waals surface area contributed by atoms with Crippen LogP contribution in [0.2, 0.25) is 0 Å². The van der Waals surface area contributed by atoms with Gasteiger partial charge in [0.1, 0.15) is 0 Å². The first-order valence-corrected chi connectivity index (χ1v) is 7.79. The number of hydrogen-bond acceptors (Lipinski definition) is 3. The molecular formula is C14H19NO4S. The molecule has 0 unspecified atom stereocenters. The monoisotopic (exact) mass is 297 g/mol. The summed E-state index contributed by atoms with van der Waals surface area (Å²) in [6.07, 6.45) is 2.03. The van der Waals surface area contributed by atoms with Crippen molar-refractivity contribution in [1.29, 1.82) is 0 Å². The highest BCUT2D eigenvalue weighted by Gasteiger charge is 2.23. The molecular weight excluding hydrogens is 278 g/mol. The van der Waals surface area contributed by atoms with Crippen LogP contribution in [0.1, 0.15) is 29.8 Å². The van der Waals surface area contributed by atoms with Gasteiger partial charge in [-0.1, -0.05) is 26.0 Å². The summed E-state index contributed by atoms with van der Waals surface area (Å²) in [4.78, 5) is 11.2. The van der Waals surface area contributed by atoms with E-state index in [1.165, 1.54) is 22.5 Å². The van der Waals surface area contributed by atoms with Crippen molar-refractivity contribution in [3.8, 4) is 0 Å². The second kappa shape index (κ2) is 6.67. The topological polar surface area (TPSA) is 74.7 Å². The number of carboxylic acids is 1. The van der Waals surface area contributed by atoms with Crippen molar-refractivity contribution in [3.63, 3.8) is 0 Å². The molecule has 0 aliphatic rings. The van der Waals surface area contributed by atoms with Gasteiger partial charge < -0.3 is 5.11 Å². The molecule has 6 heteroatoms. The zero-order valence-corrected chi connectivity index (χ0v) is 12.5. The number of rotatable bonds is 7. The van der Waals surface area contributed by atoms with Crippen LogP contribution in [0.25, 0.3) is 0 Å². The summed E-state index contributed by atoms with van der Waals surface area (Å²) in [6.45, 7) is 7.56. The molecule has 110 valence electrons. The number of aromatic carboxylic acids is 1. The van der Waals surface area contributed by atoms with Crippen LogP contribution in [0, 0.1) is 0 Å². The van der Waals surface area contributed by atoms with E-state index in [4.69, 9.17) is 5.11 Å². The third-order valence-electron chi connectivity index (χ3n) is 3.02. The normalized spacial score (nSPS) is 11.6. The van der Waals surface area contributed by atoms with Gasteiger partial charge in [-0.05, 0) is 24.1 Å². The van der Waals surface area contributed by atoms with Gasteiger partial charge in [0, 0.05) is 13.1 Å². The standard InChI is InChI=1S/C14H19NO4S/c1-4-9-15(6-3)20(18,19)12-8-7-11(5-2)13(10-12)14(16)17/h4,7-8,10H,1,5-6,9H2,2-3H3,(H,16,17). The molecule has 1 aromatic carbocycles. The first-order valence-electron chi connectivity index (χ1n) is 6.35. The van der Waals surface area contributed by atoms with Crippen molar-refractivity contribution in [1.82, 2.24) is 4.31 Å². The largest absolute Gasteiger partial charge is 0.478 e. The highest BCUT2D eigenvalue weighted by Crippen LogP contribution is 2.20. The SMILES string of the molecule is C=CCN(CC)S(=O)(=O)c1ccc(CC)c(C(=O)O)c1. The first-order chi connectivity index (χ1) is 9.38. The lowest BCUT2D eigenvalue weighted by atomic mass is 10.1. The fourth-order valence-corrected chi connectivity index (χ4v) is 3.36. The molecule has 0 spiro atoms. The lowest BCUT2D eigenvalue weighted by Gasteiger charge is -2.19. The van der Waals surface area contributed by atoms with Crippen LogP contribution in [-0.2, 0) is 16.4 Å². The predicted octanol–water partition coefficient (Wildman–Crippen LogP) is 2.14. The summed E-state index contributed by atoms with van der Waals surface area (Å²) < 4.78 is 26.1. The Kier molecular flexibility index (Phi) is 5.47. The zero-order valence-electron chi connectivity index (χ0n) is 11.7. The summed E-state index contributed by atoms with van der Waals surface area (Å²) in [5.41, 5.74) is 0.645. The Balaban J connectivity index is 3.35. The number of benzene rings is 1. The van der Waals surface area contributed by atoms with Crippen LogP contribution in [0.15, 0.2) is 35.7 Å². The minimum absolute atomic E-state index is 0.00389. The van der Waals surface area contributed by atoms with Gasteiger partial charge >= 0.3 is 5.97 Å². The molecule has 0 radical (unpaired) electrons. The summed E-state index contributed by atoms with van der Waals surface area (Å²) in [5.74, 6) is -1.12. The van der Waals surface area contributed by atoms with Crippen LogP contribution >= 0.6 is 0 Å². The third kappa shape index (κ3) is 3.26. The van der Waals surface area contributed by atoms with Gasteiger partial charge in [0.05, 0.1) is 10.5 Å². The van der Waals surface area contributed by atoms with Crippen LogP contribution in [0.3, 0.4) is 0 Å². The maximum Gasteiger partial charge on any atom is 0.336 e. The molecule has 1 rings (SSSR count). The van der Waals surface area contributed by atoms with Crippen molar-refractivity contribution in [2.75, 3.05) is 13.1 Å². The highest BCUT2D eigenvalue weighted by atomic mass is 32.2. The van der Waals surface area contributed by atoms with E-state index in [-0.39, 0.29) is 17.0 Å². The maximum atomic E-state index is 12.4. The number of carbonyl (C=O) groups is 1. The molecule has 0 atom stereocenters. The molecule has 0 fully saturated rings. The van der Waals surface area contributed by atoms with Crippen molar-refractivity contribution in [3.05, 3.63) is 42.0 Å². The van der Waals surface area contributed by atoms with Gasteiger partial charge in [-0.15, -0.1) is 6.58 Å². The van der Waals surface area contributed by atoms with E-state index in [9.17, 15) is 13.2 Å². The maximum absolute atomic E-state index is 12.4. The first kappa shape index (κ1) is 16.4. The van der Waals surface area contributed by atoms with E-state index in [0.717, 1.165) is 0 Å². The summed E-state index contributed by atoms with van der Waals surface area (Å²) in [5, 5.41) is 9.16. The Hall–Kier alpha value is -1.66. The van der Waals surface area contributed by atoms with Crippen molar-refractivity contribution < 1.29 is 18.3 Å². The molecule has 1 N–H and O–H groups in total. The van der Waals surface area contributed by atoms with E-state index in [1.54, 1.807) is 13.0 Å². The number of hydrogen-bond donors (Lipinski definition) is 1. The van der Waals surface area contributed by atoms with Crippen molar-refractivity contribution in [2.24, 2.45) is 0 Å². The lowest BCUT2D eigenvalue weighted by Crippen LogP contribution is -2.31. The number of nitrogens with zero attached hydrogens (tertiary/aromatic N) is 1. The van der Waals surface area contributed by atoms with Gasteiger partial charge in [0.25, 0.3) is 0 Å². The minimum atomic E-state index is -3.70. The molecule has 0 saturated carbocycles. The molecule has 0 bridgehead atoms. The lowest BCUT2D eigenvalue weighted by molar-refractivity contribution is 0.0695. The Morgan fingerprint density at radius 3 is 2.50 bits per heavy atom. The Morgan fingerprint density at radius 1 is 1.40 bits per heavy atom. The Bertz CT molecular complexity index is 608. The van der Waals surface area contributed by atoms with Crippen LogP contribution in [0.5, 0.6) is 0 Å². The minimum Gasteiger partial charge on any atom is -0.478 e. The van der Waals surface area contributed by atoms with Gasteiger partial charge in [-0.3, -0.25) is 0 Å². The second-order valence-electron chi connectivity index (χ2n) is 4.22. The van der Waals surface area contributed by atoms with E-state index >= 15 is 0 Å². The van der Waals surface area contributed by atoms with Gasteiger partial charge in [0.15, 0.2) is 0 Å². The molecule has 0 heterocycles. The fraction of sp³-hybridized carbons (Fsp3) is 0.357. The number of sulfonamides is 1. The smallest absolute Gasteiger partial charge is 0.336 e. The van der Waals surface area contributed by atoms with Gasteiger partial charge in [-0.25, -0.2) is 13.2 Å². The number of carboxylic acid groups (broad SMARTS) is 1. The molecule has 1 aromatic rings. The molecule has 0 aliphatic heterocycles. The summed E-state index contributed by atoms with van der Waals surface area (Å²) in [6, 6.07) is 4.23. The number of likely N-dealkylation sites (N-methyl/N-ethyl adjacent to an activating group) is 1. The summed E-state index contributed by atoms with van der Waals surface area (Å²) >= 11 is 0. The van der Waals surface area contributed by atoms with Crippen LogP contribution < -0.4 is 0 Å². The average molecular weight is 297 g/mol. The zero-order chi connectivity index (χ0) is 15.3. The van der Waals surface area contributed by atoms with E-state index in [1.807, 2.05) is 6.92 Å². The van der Waals surface area contributed by atoms with Crippen LogP contribution in [-0.4, -0.2) is 36.9 Å². The van der Waals surface area contributed by atoms with E-state index in [2.05, 4.69) is 6.58 Å². The molecule has 5 nitrogen and oxygen atoms in total. The fourth-order valence-electron chi connectivity index (χ4n) is 1.91. The van der Waals surface area contributed by atoms with Crippen LogP contribution in [0.4, 0.5) is 0 Å². The van der Waals surface area contributed by atoms with E-state index in [0.29, 0.717) is 18.5 Å². The highest BCUT2D eigenvalue weighted by molar-refractivity contribution is 7.89. The van der Waals surface area contributed by atoms with Crippen molar-refractivity contribution >= 4 is 16.0 Å². The Morgan fingerprint density at radius 2 is 2.05 bits per heavy atom. The Labute approximate surface area is 119 Å². The van der Waals surface area contributed by atoms with Crippen molar-refractivity contribution in [2.45, 2.75) is 25.2 Å².